The zero-order valence-corrected chi connectivity index (χ0v) is 8.07. The topological polar surface area (TPSA) is 104 Å². The summed E-state index contributed by atoms with van der Waals surface area (Å²) in [7, 11) is -4.17. The molecule has 0 amide bonds. The van der Waals surface area contributed by atoms with E-state index in [-0.39, 0.29) is 13.2 Å². The summed E-state index contributed by atoms with van der Waals surface area (Å²) in [6.45, 7) is 1.13. The van der Waals surface area contributed by atoms with Crippen LogP contribution in [0.4, 0.5) is 0 Å². The predicted octanol–water partition coefficient (Wildman–Crippen LogP) is -1.37. The van der Waals surface area contributed by atoms with Crippen LogP contribution in [-0.2, 0) is 14.9 Å². The van der Waals surface area contributed by atoms with E-state index < -0.39 is 28.1 Å². The molecule has 3 N–H and O–H groups in total. The number of hydrogen-bond acceptors (Lipinski definition) is 5. The van der Waals surface area contributed by atoms with Crippen LogP contribution in [0.1, 0.15) is 6.92 Å². The molecule has 0 aromatic heterocycles. The van der Waals surface area contributed by atoms with Crippen molar-refractivity contribution < 1.29 is 27.9 Å². The highest BCUT2D eigenvalue weighted by Gasteiger charge is 2.15. The Morgan fingerprint density at radius 2 is 2.00 bits per heavy atom. The Kier molecular flexibility index (Phi) is 5.42. The Morgan fingerprint density at radius 1 is 1.46 bits per heavy atom. The van der Waals surface area contributed by atoms with Gasteiger partial charge in [0.25, 0.3) is 10.1 Å². The van der Waals surface area contributed by atoms with E-state index in [4.69, 9.17) is 19.5 Å². The van der Waals surface area contributed by atoms with Gasteiger partial charge in [-0.1, -0.05) is 0 Å². The summed E-state index contributed by atoms with van der Waals surface area (Å²) in [6.07, 6.45) is -1.74. The highest BCUT2D eigenvalue weighted by atomic mass is 32.2. The molecule has 13 heavy (non-hydrogen) atoms. The first-order valence-corrected chi connectivity index (χ1v) is 5.31. The smallest absolute Gasteiger partial charge is 0.267 e. The van der Waals surface area contributed by atoms with Gasteiger partial charge in [0.1, 0.15) is 5.75 Å². The fourth-order valence-corrected chi connectivity index (χ4v) is 1.20. The molecule has 0 saturated carbocycles. The van der Waals surface area contributed by atoms with Crippen molar-refractivity contribution in [2.24, 2.45) is 0 Å². The van der Waals surface area contributed by atoms with Crippen LogP contribution in [0.2, 0.25) is 0 Å². The minimum Gasteiger partial charge on any atom is -0.394 e. The first-order chi connectivity index (χ1) is 5.85. The first-order valence-electron chi connectivity index (χ1n) is 3.71. The molecule has 0 radical (unpaired) electrons. The van der Waals surface area contributed by atoms with E-state index in [0.717, 1.165) is 0 Å². The third kappa shape index (κ3) is 8.13. The van der Waals surface area contributed by atoms with Gasteiger partial charge in [0.2, 0.25) is 0 Å². The second-order valence-corrected chi connectivity index (χ2v) is 4.23. The summed E-state index contributed by atoms with van der Waals surface area (Å²) in [4.78, 5) is 0. The van der Waals surface area contributed by atoms with Crippen LogP contribution in [0.25, 0.3) is 0 Å². The van der Waals surface area contributed by atoms with Crippen molar-refractivity contribution in [1.29, 1.82) is 0 Å². The van der Waals surface area contributed by atoms with Crippen LogP contribution in [0, 0.1) is 0 Å². The lowest BCUT2D eigenvalue weighted by Crippen LogP contribution is -2.28. The van der Waals surface area contributed by atoms with E-state index in [1.54, 1.807) is 6.92 Å². The van der Waals surface area contributed by atoms with Gasteiger partial charge < -0.3 is 14.9 Å². The van der Waals surface area contributed by atoms with Crippen molar-refractivity contribution in [2.75, 3.05) is 19.0 Å². The fraction of sp³-hybridized carbons (Fsp3) is 1.00. The lowest BCUT2D eigenvalue weighted by molar-refractivity contribution is -0.0171. The average Bonchev–Trinajstić information content (AvgIpc) is 1.97. The predicted molar refractivity (Wildman–Crippen MR) is 44.9 cm³/mol. The van der Waals surface area contributed by atoms with Crippen molar-refractivity contribution in [3.05, 3.63) is 0 Å². The Labute approximate surface area is 76.9 Å². The monoisotopic (exact) mass is 214 g/mol. The molecule has 0 fully saturated rings. The number of rotatable bonds is 6. The lowest BCUT2D eigenvalue weighted by atomic mass is 10.4. The summed E-state index contributed by atoms with van der Waals surface area (Å²) in [5.74, 6) is -0.759. The molecule has 0 aliphatic rings. The van der Waals surface area contributed by atoms with Crippen LogP contribution in [0.5, 0.6) is 0 Å². The molecule has 0 rings (SSSR count). The van der Waals surface area contributed by atoms with E-state index in [1.165, 1.54) is 0 Å². The van der Waals surface area contributed by atoms with E-state index in [2.05, 4.69) is 0 Å². The van der Waals surface area contributed by atoms with Gasteiger partial charge in [0.05, 0.1) is 25.4 Å². The number of aliphatic hydroxyl groups is 2. The van der Waals surface area contributed by atoms with Gasteiger partial charge in [0, 0.05) is 0 Å². The summed E-state index contributed by atoms with van der Waals surface area (Å²) in [6, 6.07) is 0. The van der Waals surface area contributed by atoms with Crippen molar-refractivity contribution in [1.82, 2.24) is 0 Å². The molecule has 0 bridgehead atoms. The van der Waals surface area contributed by atoms with Gasteiger partial charge in [-0.25, -0.2) is 0 Å². The molecule has 0 heterocycles. The van der Waals surface area contributed by atoms with E-state index in [1.807, 2.05) is 0 Å². The van der Waals surface area contributed by atoms with E-state index in [9.17, 15) is 8.42 Å². The Bertz CT molecular complexity index is 223. The maximum Gasteiger partial charge on any atom is 0.267 e. The van der Waals surface area contributed by atoms with Crippen LogP contribution >= 0.6 is 0 Å². The molecule has 2 atom stereocenters. The van der Waals surface area contributed by atoms with Gasteiger partial charge in [-0.3, -0.25) is 4.55 Å². The highest BCUT2D eigenvalue weighted by Crippen LogP contribution is 1.95. The first kappa shape index (κ1) is 12.8. The van der Waals surface area contributed by atoms with Crippen molar-refractivity contribution in [3.63, 3.8) is 0 Å². The molecular weight excluding hydrogens is 200 g/mol. The average molecular weight is 214 g/mol. The molecular formula is C6H14O6S. The summed E-state index contributed by atoms with van der Waals surface area (Å²) >= 11 is 0. The van der Waals surface area contributed by atoms with Crippen molar-refractivity contribution >= 4 is 10.1 Å². The van der Waals surface area contributed by atoms with Crippen LogP contribution < -0.4 is 0 Å². The van der Waals surface area contributed by atoms with Gasteiger partial charge in [0.15, 0.2) is 0 Å². The molecule has 2 unspecified atom stereocenters. The quantitative estimate of drug-likeness (QED) is 0.471. The van der Waals surface area contributed by atoms with Crippen molar-refractivity contribution in [3.8, 4) is 0 Å². The summed E-state index contributed by atoms with van der Waals surface area (Å²) < 4.78 is 33.6. The molecule has 0 aromatic rings. The minimum atomic E-state index is -4.17. The standard InChI is InChI=1S/C6H14O6S/c1-5(2-7)12-3-6(8)4-13(9,10)11/h5-8H,2-4H2,1H3,(H,9,10,11). The Hall–Kier alpha value is -0.210. The molecule has 80 valence electrons. The molecule has 0 aliphatic heterocycles. The van der Waals surface area contributed by atoms with Gasteiger partial charge >= 0.3 is 0 Å². The normalized spacial score (nSPS) is 16.9. The number of ether oxygens (including phenoxy) is 1. The Morgan fingerprint density at radius 3 is 2.38 bits per heavy atom. The maximum atomic E-state index is 10.2. The summed E-state index contributed by atoms with van der Waals surface area (Å²) in [5, 5.41) is 17.5. The molecule has 7 heteroatoms. The number of hydrogen-bond donors (Lipinski definition) is 3. The van der Waals surface area contributed by atoms with Gasteiger partial charge in [-0.2, -0.15) is 8.42 Å². The van der Waals surface area contributed by atoms with E-state index in [0.29, 0.717) is 0 Å². The SMILES string of the molecule is CC(CO)OCC(O)CS(=O)(=O)O. The van der Waals surface area contributed by atoms with Gasteiger partial charge in [-0.05, 0) is 6.92 Å². The highest BCUT2D eigenvalue weighted by molar-refractivity contribution is 7.85. The van der Waals surface area contributed by atoms with E-state index >= 15 is 0 Å². The zero-order valence-electron chi connectivity index (χ0n) is 7.25. The molecule has 6 nitrogen and oxygen atoms in total. The third-order valence-corrected chi connectivity index (χ3v) is 2.04. The fourth-order valence-electron chi connectivity index (χ4n) is 0.619. The largest absolute Gasteiger partial charge is 0.394 e. The van der Waals surface area contributed by atoms with Crippen LogP contribution in [0.15, 0.2) is 0 Å². The molecule has 0 aromatic carbocycles. The zero-order chi connectivity index (χ0) is 10.5. The maximum absolute atomic E-state index is 10.2. The van der Waals surface area contributed by atoms with Crippen LogP contribution in [0.3, 0.4) is 0 Å². The molecule has 0 spiro atoms. The van der Waals surface area contributed by atoms with Crippen molar-refractivity contribution in [2.45, 2.75) is 19.1 Å². The third-order valence-electron chi connectivity index (χ3n) is 1.23. The number of aliphatic hydroxyl groups excluding tert-OH is 2. The Balaban J connectivity index is 3.70. The molecule has 0 saturated heterocycles. The second-order valence-electron chi connectivity index (χ2n) is 2.73. The van der Waals surface area contributed by atoms with Crippen LogP contribution in [-0.4, -0.2) is 54.4 Å². The second kappa shape index (κ2) is 5.51. The lowest BCUT2D eigenvalue weighted by Gasteiger charge is -2.13. The van der Waals surface area contributed by atoms with Gasteiger partial charge in [-0.15, -0.1) is 0 Å². The summed E-state index contributed by atoms with van der Waals surface area (Å²) in [5.41, 5.74) is 0. The molecule has 0 aliphatic carbocycles. The minimum absolute atomic E-state index is 0.210.